The predicted molar refractivity (Wildman–Crippen MR) is 57.6 cm³/mol. The molecule has 0 aliphatic rings. The molecule has 0 aliphatic carbocycles. The van der Waals surface area contributed by atoms with Crippen LogP contribution < -0.4 is 0 Å². The SMILES string of the molecule is CCOC(=O)c1n[nH]nc1-c1c(F)ccc(F)c1F. The Morgan fingerprint density at radius 1 is 1.26 bits per heavy atom. The van der Waals surface area contributed by atoms with Crippen LogP contribution in [0.2, 0.25) is 0 Å². The van der Waals surface area contributed by atoms with Gasteiger partial charge in [0.2, 0.25) is 0 Å². The van der Waals surface area contributed by atoms with E-state index in [1.807, 2.05) is 0 Å². The van der Waals surface area contributed by atoms with Gasteiger partial charge in [-0.3, -0.25) is 0 Å². The highest BCUT2D eigenvalue weighted by Gasteiger charge is 2.25. The summed E-state index contributed by atoms with van der Waals surface area (Å²) in [5, 5.41) is 8.98. The Bertz CT molecular complexity index is 628. The standard InChI is InChI=1S/C11H8F3N3O2/c1-2-19-11(18)10-9(15-17-16-10)7-5(12)3-4-6(13)8(7)14/h3-4H,2H2,1H3,(H,15,16,17). The van der Waals surface area contributed by atoms with Gasteiger partial charge in [0.05, 0.1) is 12.2 Å². The number of halogens is 3. The maximum atomic E-state index is 13.6. The molecule has 100 valence electrons. The zero-order valence-electron chi connectivity index (χ0n) is 9.71. The van der Waals surface area contributed by atoms with Gasteiger partial charge >= 0.3 is 5.97 Å². The van der Waals surface area contributed by atoms with E-state index in [0.29, 0.717) is 6.07 Å². The minimum Gasteiger partial charge on any atom is -0.461 e. The van der Waals surface area contributed by atoms with Gasteiger partial charge in [-0.25, -0.2) is 18.0 Å². The van der Waals surface area contributed by atoms with Crippen molar-refractivity contribution in [2.45, 2.75) is 6.92 Å². The van der Waals surface area contributed by atoms with Gasteiger partial charge in [0.15, 0.2) is 17.3 Å². The van der Waals surface area contributed by atoms with Gasteiger partial charge in [0, 0.05) is 0 Å². The van der Waals surface area contributed by atoms with Crippen LogP contribution in [-0.4, -0.2) is 28.0 Å². The number of esters is 1. The van der Waals surface area contributed by atoms with E-state index in [1.54, 1.807) is 6.92 Å². The molecule has 1 aromatic carbocycles. The van der Waals surface area contributed by atoms with Crippen molar-refractivity contribution < 1.29 is 22.7 Å². The molecule has 1 heterocycles. The largest absolute Gasteiger partial charge is 0.461 e. The van der Waals surface area contributed by atoms with Crippen LogP contribution in [0.4, 0.5) is 13.2 Å². The molecule has 0 fully saturated rings. The van der Waals surface area contributed by atoms with Crippen molar-refractivity contribution >= 4 is 5.97 Å². The molecular formula is C11H8F3N3O2. The first-order valence-corrected chi connectivity index (χ1v) is 5.28. The van der Waals surface area contributed by atoms with E-state index in [9.17, 15) is 18.0 Å². The molecule has 1 aromatic heterocycles. The van der Waals surface area contributed by atoms with Crippen LogP contribution in [0.15, 0.2) is 12.1 Å². The van der Waals surface area contributed by atoms with Gasteiger partial charge in [0.1, 0.15) is 11.5 Å². The van der Waals surface area contributed by atoms with Crippen LogP contribution in [0.25, 0.3) is 11.3 Å². The second kappa shape index (κ2) is 5.09. The van der Waals surface area contributed by atoms with Crippen molar-refractivity contribution in [2.24, 2.45) is 0 Å². The van der Waals surface area contributed by atoms with E-state index in [4.69, 9.17) is 0 Å². The molecule has 0 amide bonds. The highest BCUT2D eigenvalue weighted by atomic mass is 19.2. The molecule has 0 unspecified atom stereocenters. The second-order valence-corrected chi connectivity index (χ2v) is 3.46. The van der Waals surface area contributed by atoms with Gasteiger partial charge in [-0.05, 0) is 19.1 Å². The lowest BCUT2D eigenvalue weighted by atomic mass is 10.1. The van der Waals surface area contributed by atoms with Crippen molar-refractivity contribution in [1.82, 2.24) is 15.4 Å². The summed E-state index contributed by atoms with van der Waals surface area (Å²) in [6.45, 7) is 1.61. The number of aromatic amines is 1. The predicted octanol–water partition coefficient (Wildman–Crippen LogP) is 2.07. The number of aromatic nitrogens is 3. The highest BCUT2D eigenvalue weighted by molar-refractivity contribution is 5.94. The molecule has 0 spiro atoms. The molecule has 0 bridgehead atoms. The Morgan fingerprint density at radius 2 is 1.95 bits per heavy atom. The molecule has 0 saturated carbocycles. The molecule has 2 rings (SSSR count). The van der Waals surface area contributed by atoms with E-state index in [0.717, 1.165) is 6.07 Å². The number of carbonyl (C=O) groups is 1. The second-order valence-electron chi connectivity index (χ2n) is 3.46. The first-order chi connectivity index (χ1) is 9.06. The molecule has 8 heteroatoms. The zero-order valence-corrected chi connectivity index (χ0v) is 9.71. The fourth-order valence-electron chi connectivity index (χ4n) is 1.49. The van der Waals surface area contributed by atoms with Gasteiger partial charge in [0.25, 0.3) is 0 Å². The van der Waals surface area contributed by atoms with E-state index in [1.165, 1.54) is 0 Å². The Balaban J connectivity index is 2.58. The third kappa shape index (κ3) is 2.28. The summed E-state index contributed by atoms with van der Waals surface area (Å²) in [4.78, 5) is 11.5. The Labute approximate surface area is 105 Å². The topological polar surface area (TPSA) is 67.9 Å². The molecule has 0 saturated heterocycles. The number of nitrogens with zero attached hydrogens (tertiary/aromatic N) is 2. The number of H-pyrrole nitrogens is 1. The lowest BCUT2D eigenvalue weighted by molar-refractivity contribution is 0.0520. The van der Waals surface area contributed by atoms with Crippen LogP contribution in [-0.2, 0) is 4.74 Å². The van der Waals surface area contributed by atoms with E-state index >= 15 is 0 Å². The Morgan fingerprint density at radius 3 is 2.63 bits per heavy atom. The molecule has 0 atom stereocenters. The van der Waals surface area contributed by atoms with Crippen molar-refractivity contribution in [3.8, 4) is 11.3 Å². The molecule has 0 aliphatic heterocycles. The maximum Gasteiger partial charge on any atom is 0.361 e. The lowest BCUT2D eigenvalue weighted by Crippen LogP contribution is -2.08. The van der Waals surface area contributed by atoms with Crippen LogP contribution in [0.1, 0.15) is 17.4 Å². The number of carbonyl (C=O) groups excluding carboxylic acids is 1. The normalized spacial score (nSPS) is 10.5. The first kappa shape index (κ1) is 13.1. The summed E-state index contributed by atoms with van der Waals surface area (Å²) in [5.74, 6) is -4.67. The zero-order chi connectivity index (χ0) is 14.0. The molecule has 2 aromatic rings. The number of benzene rings is 1. The van der Waals surface area contributed by atoms with E-state index in [2.05, 4.69) is 20.1 Å². The molecule has 5 nitrogen and oxygen atoms in total. The quantitative estimate of drug-likeness (QED) is 0.685. The smallest absolute Gasteiger partial charge is 0.361 e. The van der Waals surface area contributed by atoms with Crippen molar-refractivity contribution in [1.29, 1.82) is 0 Å². The number of hydrogen-bond donors (Lipinski definition) is 1. The van der Waals surface area contributed by atoms with Gasteiger partial charge in [-0.1, -0.05) is 0 Å². The summed E-state index contributed by atoms with van der Waals surface area (Å²) >= 11 is 0. The summed E-state index contributed by atoms with van der Waals surface area (Å²) in [7, 11) is 0. The van der Waals surface area contributed by atoms with Gasteiger partial charge in [-0.2, -0.15) is 10.3 Å². The van der Waals surface area contributed by atoms with Gasteiger partial charge < -0.3 is 4.74 Å². The fraction of sp³-hybridized carbons (Fsp3) is 0.182. The number of rotatable bonds is 3. The van der Waals surface area contributed by atoms with Crippen LogP contribution in [0.3, 0.4) is 0 Å². The van der Waals surface area contributed by atoms with E-state index in [-0.39, 0.29) is 6.61 Å². The third-order valence-electron chi connectivity index (χ3n) is 2.30. The van der Waals surface area contributed by atoms with Crippen molar-refractivity contribution in [3.63, 3.8) is 0 Å². The first-order valence-electron chi connectivity index (χ1n) is 5.28. The molecular weight excluding hydrogens is 263 g/mol. The van der Waals surface area contributed by atoms with Crippen molar-refractivity contribution in [2.75, 3.05) is 6.61 Å². The average molecular weight is 271 g/mol. The minimum absolute atomic E-state index is 0.0548. The van der Waals surface area contributed by atoms with Gasteiger partial charge in [-0.15, -0.1) is 5.10 Å². The third-order valence-corrected chi connectivity index (χ3v) is 2.30. The average Bonchev–Trinajstić information content (AvgIpc) is 2.84. The summed E-state index contributed by atoms with van der Waals surface area (Å²) < 4.78 is 45.0. The summed E-state index contributed by atoms with van der Waals surface area (Å²) in [6, 6.07) is 1.37. The molecule has 1 N–H and O–H groups in total. The van der Waals surface area contributed by atoms with Crippen molar-refractivity contribution in [3.05, 3.63) is 35.3 Å². The lowest BCUT2D eigenvalue weighted by Gasteiger charge is -2.04. The van der Waals surface area contributed by atoms with Crippen LogP contribution in [0, 0.1) is 17.5 Å². The number of ether oxygens (including phenoxy) is 1. The monoisotopic (exact) mass is 271 g/mol. The highest BCUT2D eigenvalue weighted by Crippen LogP contribution is 2.28. The molecule has 19 heavy (non-hydrogen) atoms. The minimum atomic E-state index is -1.44. The summed E-state index contributed by atoms with van der Waals surface area (Å²) in [5.41, 5.74) is -1.62. The summed E-state index contributed by atoms with van der Waals surface area (Å²) in [6.07, 6.45) is 0. The van der Waals surface area contributed by atoms with Crippen LogP contribution >= 0.6 is 0 Å². The number of nitrogens with one attached hydrogen (secondary N) is 1. The van der Waals surface area contributed by atoms with E-state index < -0.39 is 40.4 Å². The fourth-order valence-corrected chi connectivity index (χ4v) is 1.49. The Kier molecular flexibility index (Phi) is 3.50. The maximum absolute atomic E-state index is 13.6. The molecule has 0 radical (unpaired) electrons. The number of hydrogen-bond acceptors (Lipinski definition) is 4. The Hall–Kier alpha value is -2.38. The van der Waals surface area contributed by atoms with Crippen LogP contribution in [0.5, 0.6) is 0 Å².